The maximum Gasteiger partial charge on any atom is 0.232 e. The minimum atomic E-state index is -0.369. The van der Waals surface area contributed by atoms with Gasteiger partial charge in [0.05, 0.1) is 12.1 Å². The molecule has 2 aromatic carbocycles. The van der Waals surface area contributed by atoms with Crippen LogP contribution in [-0.2, 0) is 17.8 Å². The molecule has 26 heavy (non-hydrogen) atoms. The Kier molecular flexibility index (Phi) is 5.59. The van der Waals surface area contributed by atoms with Crippen LogP contribution in [0.15, 0.2) is 72.9 Å². The molecule has 0 saturated heterocycles. The molecule has 1 amide bonds. The zero-order valence-electron chi connectivity index (χ0n) is 14.4. The minimum Gasteiger partial charge on any atom is -0.489 e. The van der Waals surface area contributed by atoms with Gasteiger partial charge in [-0.15, -0.1) is 0 Å². The van der Waals surface area contributed by atoms with Gasteiger partial charge in [-0.05, 0) is 42.5 Å². The topological polar surface area (TPSA) is 42.4 Å². The van der Waals surface area contributed by atoms with Crippen molar-refractivity contribution in [1.82, 2.24) is 4.98 Å². The monoisotopic (exact) mass is 350 g/mol. The Balaban J connectivity index is 1.76. The molecule has 3 aromatic rings. The Bertz CT molecular complexity index is 870. The van der Waals surface area contributed by atoms with E-state index >= 15 is 0 Å². The van der Waals surface area contributed by atoms with Gasteiger partial charge in [0.2, 0.25) is 5.91 Å². The van der Waals surface area contributed by atoms with E-state index in [0.717, 1.165) is 0 Å². The van der Waals surface area contributed by atoms with Crippen LogP contribution in [0.3, 0.4) is 0 Å². The quantitative estimate of drug-likeness (QED) is 0.675. The molecule has 0 spiro atoms. The van der Waals surface area contributed by atoms with Gasteiger partial charge in [0, 0.05) is 24.5 Å². The summed E-state index contributed by atoms with van der Waals surface area (Å²) in [6.07, 6.45) is 1.83. The van der Waals surface area contributed by atoms with Crippen molar-refractivity contribution in [2.75, 3.05) is 11.9 Å². The van der Waals surface area contributed by atoms with Crippen LogP contribution in [0.4, 0.5) is 10.1 Å². The third kappa shape index (κ3) is 4.45. The van der Waals surface area contributed by atoms with Crippen LogP contribution in [0, 0.1) is 5.82 Å². The number of carbonyl (C=O) groups is 1. The van der Waals surface area contributed by atoms with Gasteiger partial charge in [-0.25, -0.2) is 4.39 Å². The second kappa shape index (κ2) is 8.25. The van der Waals surface area contributed by atoms with E-state index in [0.29, 0.717) is 22.7 Å². The number of hydrogen-bond acceptors (Lipinski definition) is 3. The summed E-state index contributed by atoms with van der Waals surface area (Å²) in [6, 6.07) is 19.0. The zero-order valence-corrected chi connectivity index (χ0v) is 14.4. The summed E-state index contributed by atoms with van der Waals surface area (Å²) in [4.78, 5) is 18.3. The van der Waals surface area contributed by atoms with Crippen LogP contribution in [0.2, 0.25) is 0 Å². The van der Waals surface area contributed by atoms with Crippen LogP contribution in [-0.4, -0.2) is 17.9 Å². The molecule has 0 saturated carbocycles. The number of anilines is 1. The first-order valence-corrected chi connectivity index (χ1v) is 8.26. The average molecular weight is 350 g/mol. The molecule has 0 bridgehead atoms. The first-order chi connectivity index (χ1) is 12.6. The van der Waals surface area contributed by atoms with Gasteiger partial charge in [-0.3, -0.25) is 9.78 Å². The molecule has 0 aliphatic heterocycles. The average Bonchev–Trinajstić information content (AvgIpc) is 2.67. The van der Waals surface area contributed by atoms with E-state index in [1.807, 2.05) is 36.4 Å². The SMILES string of the molecule is CN(C(=O)Cc1ccccn1)c1ccc(F)cc1COc1ccccc1. The van der Waals surface area contributed by atoms with E-state index < -0.39 is 0 Å². The van der Waals surface area contributed by atoms with Gasteiger partial charge < -0.3 is 9.64 Å². The number of likely N-dealkylation sites (N-methyl/N-ethyl adjacent to an activating group) is 1. The first kappa shape index (κ1) is 17.6. The number of halogens is 1. The van der Waals surface area contributed by atoms with E-state index in [-0.39, 0.29) is 24.8 Å². The van der Waals surface area contributed by atoms with Crippen molar-refractivity contribution >= 4 is 11.6 Å². The maximum atomic E-state index is 13.7. The van der Waals surface area contributed by atoms with Gasteiger partial charge in [-0.1, -0.05) is 24.3 Å². The fraction of sp³-hybridized carbons (Fsp3) is 0.143. The number of benzene rings is 2. The Morgan fingerprint density at radius 3 is 2.58 bits per heavy atom. The largest absolute Gasteiger partial charge is 0.489 e. The smallest absolute Gasteiger partial charge is 0.232 e. The van der Waals surface area contributed by atoms with E-state index in [1.165, 1.54) is 17.0 Å². The van der Waals surface area contributed by atoms with Crippen LogP contribution in [0.1, 0.15) is 11.3 Å². The minimum absolute atomic E-state index is 0.128. The van der Waals surface area contributed by atoms with Crippen molar-refractivity contribution in [1.29, 1.82) is 0 Å². The summed E-state index contributed by atoms with van der Waals surface area (Å²) in [7, 11) is 1.67. The predicted molar refractivity (Wildman–Crippen MR) is 98.5 cm³/mol. The molecule has 0 atom stereocenters. The van der Waals surface area contributed by atoms with Crippen LogP contribution in [0.5, 0.6) is 5.75 Å². The number of aromatic nitrogens is 1. The van der Waals surface area contributed by atoms with Crippen molar-refractivity contribution < 1.29 is 13.9 Å². The fourth-order valence-corrected chi connectivity index (χ4v) is 2.59. The van der Waals surface area contributed by atoms with Crippen molar-refractivity contribution in [2.45, 2.75) is 13.0 Å². The maximum absolute atomic E-state index is 13.7. The van der Waals surface area contributed by atoms with Gasteiger partial charge in [0.15, 0.2) is 0 Å². The number of pyridine rings is 1. The molecule has 5 heteroatoms. The number of hydrogen-bond donors (Lipinski definition) is 0. The standard InChI is InChI=1S/C21H19FN2O2/c1-24(21(25)14-18-7-5-6-12-23-18)20-11-10-17(22)13-16(20)15-26-19-8-3-2-4-9-19/h2-13H,14-15H2,1H3. The summed E-state index contributed by atoms with van der Waals surface area (Å²) < 4.78 is 19.4. The summed E-state index contributed by atoms with van der Waals surface area (Å²) in [5, 5.41) is 0. The highest BCUT2D eigenvalue weighted by Gasteiger charge is 2.16. The van der Waals surface area contributed by atoms with Crippen LogP contribution in [0.25, 0.3) is 0 Å². The van der Waals surface area contributed by atoms with Crippen LogP contribution < -0.4 is 9.64 Å². The Labute approximate surface area is 151 Å². The third-order valence-corrected chi connectivity index (χ3v) is 3.97. The highest BCUT2D eigenvalue weighted by Crippen LogP contribution is 2.23. The predicted octanol–water partition coefficient (Wildman–Crippen LogP) is 4.01. The molecule has 0 aliphatic carbocycles. The van der Waals surface area contributed by atoms with E-state index in [1.54, 1.807) is 31.4 Å². The molecule has 1 aromatic heterocycles. The number of rotatable bonds is 6. The van der Waals surface area contributed by atoms with E-state index in [2.05, 4.69) is 4.98 Å². The van der Waals surface area contributed by atoms with E-state index in [9.17, 15) is 9.18 Å². The molecule has 4 nitrogen and oxygen atoms in total. The lowest BCUT2D eigenvalue weighted by atomic mass is 10.1. The number of nitrogens with zero attached hydrogens (tertiary/aromatic N) is 2. The lowest BCUT2D eigenvalue weighted by Gasteiger charge is -2.21. The van der Waals surface area contributed by atoms with Gasteiger partial charge >= 0.3 is 0 Å². The molecular weight excluding hydrogens is 331 g/mol. The summed E-state index contributed by atoms with van der Waals surface area (Å²) in [6.45, 7) is 0.165. The lowest BCUT2D eigenvalue weighted by molar-refractivity contribution is -0.117. The second-order valence-electron chi connectivity index (χ2n) is 5.83. The van der Waals surface area contributed by atoms with Crippen molar-refractivity contribution in [3.05, 3.63) is 90.0 Å². The molecule has 0 unspecified atom stereocenters. The molecule has 0 radical (unpaired) electrons. The fourth-order valence-electron chi connectivity index (χ4n) is 2.59. The third-order valence-electron chi connectivity index (χ3n) is 3.97. The molecule has 0 aliphatic rings. The Morgan fingerprint density at radius 2 is 1.85 bits per heavy atom. The highest BCUT2D eigenvalue weighted by atomic mass is 19.1. The first-order valence-electron chi connectivity index (χ1n) is 8.26. The number of ether oxygens (including phenoxy) is 1. The molecule has 0 N–H and O–H groups in total. The number of para-hydroxylation sites is 1. The summed E-state index contributed by atoms with van der Waals surface area (Å²) in [5.74, 6) is 0.187. The molecule has 1 heterocycles. The Hall–Kier alpha value is -3.21. The Morgan fingerprint density at radius 1 is 1.08 bits per heavy atom. The summed E-state index contributed by atoms with van der Waals surface area (Å²) in [5.41, 5.74) is 1.91. The molecule has 3 rings (SSSR count). The van der Waals surface area contributed by atoms with Crippen molar-refractivity contribution in [2.24, 2.45) is 0 Å². The van der Waals surface area contributed by atoms with Crippen molar-refractivity contribution in [3.63, 3.8) is 0 Å². The highest BCUT2D eigenvalue weighted by molar-refractivity contribution is 5.94. The normalized spacial score (nSPS) is 10.4. The number of amides is 1. The lowest BCUT2D eigenvalue weighted by Crippen LogP contribution is -2.29. The van der Waals surface area contributed by atoms with Crippen molar-refractivity contribution in [3.8, 4) is 5.75 Å². The summed E-state index contributed by atoms with van der Waals surface area (Å²) >= 11 is 0. The second-order valence-corrected chi connectivity index (χ2v) is 5.83. The van der Waals surface area contributed by atoms with Gasteiger partial charge in [0.1, 0.15) is 18.2 Å². The van der Waals surface area contributed by atoms with Gasteiger partial charge in [0.25, 0.3) is 0 Å². The zero-order chi connectivity index (χ0) is 18.4. The molecule has 132 valence electrons. The van der Waals surface area contributed by atoms with Gasteiger partial charge in [-0.2, -0.15) is 0 Å². The molecule has 0 fully saturated rings. The number of carbonyl (C=O) groups excluding carboxylic acids is 1. The molecular formula is C21H19FN2O2. The van der Waals surface area contributed by atoms with Crippen LogP contribution >= 0.6 is 0 Å². The van der Waals surface area contributed by atoms with E-state index in [4.69, 9.17) is 4.74 Å².